The molecule has 5 heteroatoms. The van der Waals surface area contributed by atoms with Crippen molar-refractivity contribution in [3.63, 3.8) is 0 Å². The van der Waals surface area contributed by atoms with Crippen molar-refractivity contribution < 1.29 is 19.1 Å². The van der Waals surface area contributed by atoms with Crippen LogP contribution in [0.15, 0.2) is 12.7 Å². The van der Waals surface area contributed by atoms with Gasteiger partial charge in [-0.15, -0.1) is 0 Å². The molecule has 0 aromatic rings. The van der Waals surface area contributed by atoms with Crippen LogP contribution in [0.4, 0.5) is 4.79 Å². The summed E-state index contributed by atoms with van der Waals surface area (Å²) in [7, 11) is 0. The van der Waals surface area contributed by atoms with Gasteiger partial charge in [-0.1, -0.05) is 116 Å². The van der Waals surface area contributed by atoms with Crippen LogP contribution in [0.1, 0.15) is 117 Å². The minimum atomic E-state index is -0.635. The molecule has 0 aromatic heterocycles. The topological polar surface area (TPSA) is 64.6 Å². The largest absolute Gasteiger partial charge is 0.464 e. The first-order valence-electron chi connectivity index (χ1n) is 12.4. The number of amides is 1. The Kier molecular flexibility index (Phi) is 21.0. The predicted molar refractivity (Wildman–Crippen MR) is 125 cm³/mol. The van der Waals surface area contributed by atoms with Gasteiger partial charge in [0.05, 0.1) is 6.61 Å². The van der Waals surface area contributed by atoms with Gasteiger partial charge in [0.2, 0.25) is 0 Å². The van der Waals surface area contributed by atoms with Gasteiger partial charge in [-0.25, -0.2) is 9.59 Å². The minimum Gasteiger partial charge on any atom is -0.464 e. The number of unbranched alkanes of at least 4 members (excludes halogenated alkanes) is 13. The molecule has 0 rings (SSSR count). The van der Waals surface area contributed by atoms with Crippen molar-refractivity contribution in [3.8, 4) is 0 Å². The number of nitrogens with one attached hydrogen (secondary N) is 1. The zero-order chi connectivity index (χ0) is 22.3. The third-order valence-corrected chi connectivity index (χ3v) is 5.25. The van der Waals surface area contributed by atoms with Gasteiger partial charge in [-0.05, 0) is 12.8 Å². The number of esters is 1. The quantitative estimate of drug-likeness (QED) is 0.121. The number of carbonyl (C=O) groups excluding carboxylic acids is 2. The lowest BCUT2D eigenvalue weighted by molar-refractivity contribution is -0.146. The van der Waals surface area contributed by atoms with E-state index in [2.05, 4.69) is 18.8 Å². The van der Waals surface area contributed by atoms with Gasteiger partial charge < -0.3 is 14.8 Å². The van der Waals surface area contributed by atoms with Crippen LogP contribution in [0.5, 0.6) is 0 Å². The van der Waals surface area contributed by atoms with E-state index in [0.717, 1.165) is 25.7 Å². The molecule has 0 bridgehead atoms. The van der Waals surface area contributed by atoms with E-state index in [1.165, 1.54) is 76.7 Å². The second-order valence-electron chi connectivity index (χ2n) is 8.14. The molecule has 0 saturated carbocycles. The van der Waals surface area contributed by atoms with Crippen molar-refractivity contribution in [2.75, 3.05) is 13.2 Å². The Morgan fingerprint density at radius 3 is 1.77 bits per heavy atom. The molecular formula is C25H47NO4. The molecule has 0 aliphatic carbocycles. The van der Waals surface area contributed by atoms with Crippen molar-refractivity contribution in [2.45, 2.75) is 123 Å². The Morgan fingerprint density at radius 1 is 0.767 bits per heavy atom. The normalized spacial score (nSPS) is 11.7. The number of hydrogen-bond donors (Lipinski definition) is 1. The molecule has 30 heavy (non-hydrogen) atoms. The SMILES string of the molecule is C=CCOC(=O)NC(CCCC)C(=O)OCCCCCCCCCCCCCCC. The van der Waals surface area contributed by atoms with Gasteiger partial charge in [-0.3, -0.25) is 0 Å². The third-order valence-electron chi connectivity index (χ3n) is 5.25. The lowest BCUT2D eigenvalue weighted by Gasteiger charge is -2.17. The molecule has 0 fully saturated rings. The number of rotatable bonds is 21. The number of alkyl carbamates (subject to hydrolysis) is 1. The lowest BCUT2D eigenvalue weighted by atomic mass is 10.0. The molecular weight excluding hydrogens is 378 g/mol. The number of carbonyl (C=O) groups is 2. The van der Waals surface area contributed by atoms with E-state index in [0.29, 0.717) is 13.0 Å². The van der Waals surface area contributed by atoms with Crippen molar-refractivity contribution in [2.24, 2.45) is 0 Å². The first-order valence-corrected chi connectivity index (χ1v) is 12.4. The molecule has 0 aromatic carbocycles. The Hall–Kier alpha value is -1.52. The maximum absolute atomic E-state index is 12.3. The highest BCUT2D eigenvalue weighted by molar-refractivity contribution is 5.81. The van der Waals surface area contributed by atoms with E-state index in [4.69, 9.17) is 9.47 Å². The summed E-state index contributed by atoms with van der Waals surface area (Å²) in [6, 6.07) is -0.635. The fourth-order valence-electron chi connectivity index (χ4n) is 3.37. The van der Waals surface area contributed by atoms with Gasteiger partial charge in [0.15, 0.2) is 0 Å². The summed E-state index contributed by atoms with van der Waals surface area (Å²) < 4.78 is 10.3. The smallest absolute Gasteiger partial charge is 0.408 e. The number of ether oxygens (including phenoxy) is 2. The summed E-state index contributed by atoms with van der Waals surface area (Å²) in [4.78, 5) is 24.0. The summed E-state index contributed by atoms with van der Waals surface area (Å²) in [6.07, 6.45) is 20.0. The van der Waals surface area contributed by atoms with Gasteiger partial charge in [0, 0.05) is 0 Å². The van der Waals surface area contributed by atoms with Crippen LogP contribution in [-0.4, -0.2) is 31.3 Å². The first kappa shape index (κ1) is 28.5. The van der Waals surface area contributed by atoms with Crippen LogP contribution in [0.25, 0.3) is 0 Å². The van der Waals surface area contributed by atoms with E-state index in [1.54, 1.807) is 0 Å². The molecule has 5 nitrogen and oxygen atoms in total. The standard InChI is InChI=1S/C25H47NO4/c1-4-7-9-10-11-12-13-14-15-16-17-18-19-22-29-24(27)23(20-8-5-2)26-25(28)30-21-6-3/h6,23H,3-5,7-22H2,1-2H3,(H,26,28). The molecule has 0 spiro atoms. The van der Waals surface area contributed by atoms with Crippen molar-refractivity contribution in [1.29, 1.82) is 0 Å². The van der Waals surface area contributed by atoms with E-state index in [-0.39, 0.29) is 12.6 Å². The summed E-state index contributed by atoms with van der Waals surface area (Å²) >= 11 is 0. The fourth-order valence-corrected chi connectivity index (χ4v) is 3.37. The summed E-state index contributed by atoms with van der Waals surface area (Å²) in [6.45, 7) is 8.35. The Balaban J connectivity index is 3.69. The average molecular weight is 426 g/mol. The molecule has 0 heterocycles. The maximum Gasteiger partial charge on any atom is 0.408 e. The zero-order valence-corrected chi connectivity index (χ0v) is 19.7. The summed E-state index contributed by atoms with van der Waals surface area (Å²) in [5.74, 6) is -0.363. The highest BCUT2D eigenvalue weighted by Crippen LogP contribution is 2.12. The summed E-state index contributed by atoms with van der Waals surface area (Å²) in [5, 5.41) is 2.60. The third kappa shape index (κ3) is 18.5. The van der Waals surface area contributed by atoms with E-state index >= 15 is 0 Å². The van der Waals surface area contributed by atoms with Gasteiger partial charge in [0.1, 0.15) is 12.6 Å². The highest BCUT2D eigenvalue weighted by atomic mass is 16.6. The van der Waals surface area contributed by atoms with Crippen LogP contribution in [0.3, 0.4) is 0 Å². The van der Waals surface area contributed by atoms with Crippen LogP contribution < -0.4 is 5.32 Å². The molecule has 0 radical (unpaired) electrons. The maximum atomic E-state index is 12.3. The van der Waals surface area contributed by atoms with E-state index < -0.39 is 12.1 Å². The Labute approximate surface area is 185 Å². The van der Waals surface area contributed by atoms with Crippen molar-refractivity contribution >= 4 is 12.1 Å². The van der Waals surface area contributed by atoms with Gasteiger partial charge in [0.25, 0.3) is 0 Å². The van der Waals surface area contributed by atoms with E-state index in [1.807, 2.05) is 6.92 Å². The molecule has 1 amide bonds. The fraction of sp³-hybridized carbons (Fsp3) is 0.840. The highest BCUT2D eigenvalue weighted by Gasteiger charge is 2.22. The molecule has 0 aliphatic rings. The molecule has 176 valence electrons. The first-order chi connectivity index (χ1) is 14.7. The molecule has 0 aliphatic heterocycles. The molecule has 0 saturated heterocycles. The Bertz CT molecular complexity index is 425. The van der Waals surface area contributed by atoms with Crippen LogP contribution in [0.2, 0.25) is 0 Å². The Morgan fingerprint density at radius 2 is 1.27 bits per heavy atom. The van der Waals surface area contributed by atoms with Crippen molar-refractivity contribution in [1.82, 2.24) is 5.32 Å². The predicted octanol–water partition coefficient (Wildman–Crippen LogP) is 7.09. The van der Waals surface area contributed by atoms with E-state index in [9.17, 15) is 9.59 Å². The van der Waals surface area contributed by atoms with Crippen molar-refractivity contribution in [3.05, 3.63) is 12.7 Å². The van der Waals surface area contributed by atoms with Crippen LogP contribution in [0, 0.1) is 0 Å². The second-order valence-corrected chi connectivity index (χ2v) is 8.14. The average Bonchev–Trinajstić information content (AvgIpc) is 2.75. The molecule has 1 unspecified atom stereocenters. The lowest BCUT2D eigenvalue weighted by Crippen LogP contribution is -2.42. The minimum absolute atomic E-state index is 0.125. The summed E-state index contributed by atoms with van der Waals surface area (Å²) in [5.41, 5.74) is 0. The van der Waals surface area contributed by atoms with Crippen LogP contribution >= 0.6 is 0 Å². The molecule has 1 N–H and O–H groups in total. The van der Waals surface area contributed by atoms with Gasteiger partial charge >= 0.3 is 12.1 Å². The second kappa shape index (κ2) is 22.2. The monoisotopic (exact) mass is 425 g/mol. The zero-order valence-electron chi connectivity index (χ0n) is 19.7. The van der Waals surface area contributed by atoms with Gasteiger partial charge in [-0.2, -0.15) is 0 Å². The molecule has 1 atom stereocenters. The van der Waals surface area contributed by atoms with Crippen LogP contribution in [-0.2, 0) is 14.3 Å². The number of hydrogen-bond acceptors (Lipinski definition) is 4.